The molecule has 2 unspecified atom stereocenters. The van der Waals surface area contributed by atoms with Gasteiger partial charge in [-0.1, -0.05) is 20.8 Å². The molecule has 3 nitrogen and oxygen atoms in total. The molecule has 17 heavy (non-hydrogen) atoms. The fraction of sp³-hybridized carbons (Fsp3) is 0.769. The lowest BCUT2D eigenvalue weighted by Crippen LogP contribution is -2.23. The zero-order valence-electron chi connectivity index (χ0n) is 11.4. The molecule has 0 aliphatic heterocycles. The number of hydrogen-bond donors (Lipinski definition) is 1. The number of hydrogen-bond acceptors (Lipinski definition) is 3. The van der Waals surface area contributed by atoms with Crippen LogP contribution in [0.4, 0.5) is 0 Å². The summed E-state index contributed by atoms with van der Waals surface area (Å²) >= 11 is 2.04. The van der Waals surface area contributed by atoms with Crippen molar-refractivity contribution in [2.24, 2.45) is 0 Å². The molecule has 1 aromatic heterocycles. The Bertz CT molecular complexity index is 311. The first-order valence-corrected chi connectivity index (χ1v) is 7.63. The quantitative estimate of drug-likeness (QED) is 0.774. The van der Waals surface area contributed by atoms with Crippen molar-refractivity contribution in [3.05, 3.63) is 18.0 Å². The molecule has 0 aliphatic rings. The van der Waals surface area contributed by atoms with E-state index in [9.17, 15) is 0 Å². The number of thioether (sulfide) groups is 1. The summed E-state index contributed by atoms with van der Waals surface area (Å²) in [4.78, 5) is 0. The maximum Gasteiger partial charge on any atom is 0.0537 e. The standard InChI is InChI=1S/C13H25N3S/c1-5-11(4)17-10-13(14-6-2)12-8-15-16(7-3)9-12/h8-9,11,13-14H,5-7,10H2,1-4H3. The molecular weight excluding hydrogens is 230 g/mol. The number of nitrogens with one attached hydrogen (secondary N) is 1. The Morgan fingerprint density at radius 2 is 2.18 bits per heavy atom. The summed E-state index contributed by atoms with van der Waals surface area (Å²) < 4.78 is 1.99. The van der Waals surface area contributed by atoms with Gasteiger partial charge in [0.05, 0.1) is 6.20 Å². The van der Waals surface area contributed by atoms with E-state index in [0.29, 0.717) is 6.04 Å². The van der Waals surface area contributed by atoms with Crippen LogP contribution in [0.1, 0.15) is 45.7 Å². The van der Waals surface area contributed by atoms with Crippen LogP contribution in [0.3, 0.4) is 0 Å². The Labute approximate surface area is 109 Å². The van der Waals surface area contributed by atoms with Gasteiger partial charge in [-0.3, -0.25) is 4.68 Å². The molecule has 1 aromatic rings. The summed E-state index contributed by atoms with van der Waals surface area (Å²) in [6.07, 6.45) is 5.39. The smallest absolute Gasteiger partial charge is 0.0537 e. The molecule has 1 rings (SSSR count). The first kappa shape index (κ1) is 14.6. The summed E-state index contributed by atoms with van der Waals surface area (Å²) in [6, 6.07) is 0.430. The van der Waals surface area contributed by atoms with Gasteiger partial charge in [-0.2, -0.15) is 16.9 Å². The van der Waals surface area contributed by atoms with Crippen LogP contribution in [-0.2, 0) is 6.54 Å². The van der Waals surface area contributed by atoms with E-state index < -0.39 is 0 Å². The average Bonchev–Trinajstić information content (AvgIpc) is 2.82. The van der Waals surface area contributed by atoms with E-state index in [1.54, 1.807) is 0 Å². The molecule has 0 saturated heterocycles. The van der Waals surface area contributed by atoms with Crippen LogP contribution in [-0.4, -0.2) is 27.3 Å². The second-order valence-electron chi connectivity index (χ2n) is 4.29. The van der Waals surface area contributed by atoms with Gasteiger partial charge in [-0.25, -0.2) is 0 Å². The van der Waals surface area contributed by atoms with Crippen molar-refractivity contribution in [2.45, 2.75) is 52.0 Å². The van der Waals surface area contributed by atoms with Gasteiger partial charge in [-0.15, -0.1) is 0 Å². The van der Waals surface area contributed by atoms with E-state index in [4.69, 9.17) is 0 Å². The zero-order valence-corrected chi connectivity index (χ0v) is 12.3. The molecule has 1 N–H and O–H groups in total. The van der Waals surface area contributed by atoms with Crippen LogP contribution in [0.2, 0.25) is 0 Å². The minimum Gasteiger partial charge on any atom is -0.309 e. The largest absolute Gasteiger partial charge is 0.309 e. The van der Waals surface area contributed by atoms with Gasteiger partial charge in [0.2, 0.25) is 0 Å². The van der Waals surface area contributed by atoms with Crippen LogP contribution >= 0.6 is 11.8 Å². The number of aryl methyl sites for hydroxylation is 1. The second kappa shape index (κ2) is 7.77. The number of aromatic nitrogens is 2. The highest BCUT2D eigenvalue weighted by molar-refractivity contribution is 7.99. The van der Waals surface area contributed by atoms with Gasteiger partial charge in [0.1, 0.15) is 0 Å². The fourth-order valence-corrected chi connectivity index (χ4v) is 2.70. The molecule has 0 spiro atoms. The minimum atomic E-state index is 0.430. The van der Waals surface area contributed by atoms with Crippen molar-refractivity contribution in [3.63, 3.8) is 0 Å². The van der Waals surface area contributed by atoms with E-state index in [1.165, 1.54) is 12.0 Å². The number of rotatable bonds is 8. The summed E-state index contributed by atoms with van der Waals surface area (Å²) in [5, 5.41) is 8.63. The minimum absolute atomic E-state index is 0.430. The first-order chi connectivity index (χ1) is 8.21. The molecule has 98 valence electrons. The lowest BCUT2D eigenvalue weighted by molar-refractivity contribution is 0.602. The summed E-state index contributed by atoms with van der Waals surface area (Å²) in [5.74, 6) is 1.12. The van der Waals surface area contributed by atoms with Crippen molar-refractivity contribution in [2.75, 3.05) is 12.3 Å². The Morgan fingerprint density at radius 1 is 1.41 bits per heavy atom. The maximum atomic E-state index is 4.35. The second-order valence-corrected chi connectivity index (χ2v) is 5.76. The van der Waals surface area contributed by atoms with Crippen LogP contribution in [0.5, 0.6) is 0 Å². The summed E-state index contributed by atoms with van der Waals surface area (Å²) in [6.45, 7) is 10.8. The Hall–Kier alpha value is -0.480. The van der Waals surface area contributed by atoms with E-state index in [2.05, 4.69) is 44.3 Å². The van der Waals surface area contributed by atoms with E-state index in [0.717, 1.165) is 24.1 Å². The molecular formula is C13H25N3S. The molecule has 0 aromatic carbocycles. The van der Waals surface area contributed by atoms with Crippen molar-refractivity contribution in [1.82, 2.24) is 15.1 Å². The van der Waals surface area contributed by atoms with Crippen LogP contribution < -0.4 is 5.32 Å². The molecule has 0 amide bonds. The highest BCUT2D eigenvalue weighted by atomic mass is 32.2. The van der Waals surface area contributed by atoms with Gasteiger partial charge in [-0.05, 0) is 19.9 Å². The predicted octanol–water partition coefficient (Wildman–Crippen LogP) is 3.09. The molecule has 0 aliphatic carbocycles. The monoisotopic (exact) mass is 255 g/mol. The summed E-state index contributed by atoms with van der Waals surface area (Å²) in [5.41, 5.74) is 1.31. The third-order valence-electron chi connectivity index (χ3n) is 2.95. The van der Waals surface area contributed by atoms with Crippen LogP contribution in [0.15, 0.2) is 12.4 Å². The van der Waals surface area contributed by atoms with Crippen LogP contribution in [0.25, 0.3) is 0 Å². The Morgan fingerprint density at radius 3 is 2.71 bits per heavy atom. The van der Waals surface area contributed by atoms with Crippen molar-refractivity contribution in [1.29, 1.82) is 0 Å². The molecule has 1 heterocycles. The Balaban J connectivity index is 2.58. The van der Waals surface area contributed by atoms with E-state index in [-0.39, 0.29) is 0 Å². The molecule has 0 bridgehead atoms. The molecule has 2 atom stereocenters. The van der Waals surface area contributed by atoms with Crippen molar-refractivity contribution >= 4 is 11.8 Å². The van der Waals surface area contributed by atoms with Crippen LogP contribution in [0, 0.1) is 0 Å². The predicted molar refractivity (Wildman–Crippen MR) is 76.5 cm³/mol. The van der Waals surface area contributed by atoms with E-state index in [1.807, 2.05) is 22.6 Å². The lowest BCUT2D eigenvalue weighted by Gasteiger charge is -2.18. The third kappa shape index (κ3) is 4.72. The molecule has 0 saturated carbocycles. The van der Waals surface area contributed by atoms with Gasteiger partial charge in [0, 0.05) is 35.3 Å². The maximum absolute atomic E-state index is 4.35. The van der Waals surface area contributed by atoms with Crippen molar-refractivity contribution < 1.29 is 0 Å². The fourth-order valence-electron chi connectivity index (χ4n) is 1.63. The highest BCUT2D eigenvalue weighted by Gasteiger charge is 2.13. The lowest BCUT2D eigenvalue weighted by atomic mass is 10.2. The van der Waals surface area contributed by atoms with Crippen molar-refractivity contribution in [3.8, 4) is 0 Å². The highest BCUT2D eigenvalue weighted by Crippen LogP contribution is 2.22. The van der Waals surface area contributed by atoms with E-state index >= 15 is 0 Å². The van der Waals surface area contributed by atoms with Gasteiger partial charge in [0.25, 0.3) is 0 Å². The van der Waals surface area contributed by atoms with Gasteiger partial charge in [0.15, 0.2) is 0 Å². The zero-order chi connectivity index (χ0) is 12.7. The average molecular weight is 255 g/mol. The topological polar surface area (TPSA) is 29.9 Å². The number of nitrogens with zero attached hydrogens (tertiary/aromatic N) is 2. The van der Waals surface area contributed by atoms with Gasteiger partial charge >= 0.3 is 0 Å². The SMILES string of the molecule is CCNC(CSC(C)CC)c1cnn(CC)c1. The summed E-state index contributed by atoms with van der Waals surface area (Å²) in [7, 11) is 0. The normalized spacial score (nSPS) is 14.8. The first-order valence-electron chi connectivity index (χ1n) is 6.58. The third-order valence-corrected chi connectivity index (χ3v) is 4.38. The molecule has 0 radical (unpaired) electrons. The molecule has 4 heteroatoms. The van der Waals surface area contributed by atoms with Gasteiger partial charge < -0.3 is 5.32 Å². The Kier molecular flexibility index (Phi) is 6.66. The molecule has 0 fully saturated rings.